The fourth-order valence-corrected chi connectivity index (χ4v) is 2.44. The van der Waals surface area contributed by atoms with Gasteiger partial charge in [0.15, 0.2) is 0 Å². The van der Waals surface area contributed by atoms with Gasteiger partial charge in [-0.1, -0.05) is 32.8 Å². The van der Waals surface area contributed by atoms with Crippen molar-refractivity contribution in [3.63, 3.8) is 0 Å². The maximum atomic E-state index is 11.9. The van der Waals surface area contributed by atoms with E-state index in [9.17, 15) is 15.0 Å². The lowest BCUT2D eigenvalue weighted by Gasteiger charge is -2.19. The minimum atomic E-state index is -0.521. The molecule has 19 heavy (non-hydrogen) atoms. The van der Waals surface area contributed by atoms with Gasteiger partial charge in [-0.15, -0.1) is 11.6 Å². The average molecular weight is 286 g/mol. The number of hydrogen-bond donors (Lipinski definition) is 3. The monoisotopic (exact) mass is 285 g/mol. The highest BCUT2D eigenvalue weighted by molar-refractivity contribution is 6.21. The van der Waals surface area contributed by atoms with E-state index in [0.29, 0.717) is 12.5 Å². The van der Waals surface area contributed by atoms with Crippen LogP contribution in [-0.2, 0) is 0 Å². The van der Waals surface area contributed by atoms with E-state index in [-0.39, 0.29) is 22.4 Å². The normalized spacial score (nSPS) is 12.4. The van der Waals surface area contributed by atoms with Crippen molar-refractivity contribution in [2.24, 2.45) is 5.92 Å². The highest BCUT2D eigenvalue weighted by Crippen LogP contribution is 2.26. The quantitative estimate of drug-likeness (QED) is 0.704. The summed E-state index contributed by atoms with van der Waals surface area (Å²) in [6.07, 6.45) is 1.89. The first kappa shape index (κ1) is 15.6. The SMILES string of the molecule is CCC(CC)C(Cl)CNC(=O)c1c(O)cccc1O. The molecule has 0 saturated carbocycles. The number of aromatic hydroxyl groups is 2. The van der Waals surface area contributed by atoms with E-state index in [1.165, 1.54) is 18.2 Å². The van der Waals surface area contributed by atoms with Gasteiger partial charge in [-0.25, -0.2) is 0 Å². The van der Waals surface area contributed by atoms with Gasteiger partial charge in [-0.05, 0) is 18.1 Å². The van der Waals surface area contributed by atoms with Gasteiger partial charge >= 0.3 is 0 Å². The molecule has 0 aliphatic rings. The van der Waals surface area contributed by atoms with Crippen molar-refractivity contribution in [1.29, 1.82) is 0 Å². The molecule has 1 atom stereocenters. The molecule has 0 aromatic heterocycles. The second kappa shape index (κ2) is 7.24. The summed E-state index contributed by atoms with van der Waals surface area (Å²) in [6, 6.07) is 4.18. The van der Waals surface area contributed by atoms with Crippen LogP contribution in [0, 0.1) is 5.92 Å². The van der Waals surface area contributed by atoms with E-state index in [0.717, 1.165) is 12.8 Å². The summed E-state index contributed by atoms with van der Waals surface area (Å²) in [6.45, 7) is 4.42. The average Bonchev–Trinajstić information content (AvgIpc) is 2.37. The first-order valence-electron chi connectivity index (χ1n) is 6.44. The summed E-state index contributed by atoms with van der Waals surface area (Å²) < 4.78 is 0. The lowest BCUT2D eigenvalue weighted by Crippen LogP contribution is -2.33. The first-order valence-corrected chi connectivity index (χ1v) is 6.88. The molecule has 1 aromatic rings. The molecule has 0 saturated heterocycles. The molecule has 0 aliphatic carbocycles. The van der Waals surface area contributed by atoms with Crippen LogP contribution in [0.3, 0.4) is 0 Å². The number of amides is 1. The van der Waals surface area contributed by atoms with Crippen LogP contribution in [0.25, 0.3) is 0 Å². The van der Waals surface area contributed by atoms with Crippen LogP contribution >= 0.6 is 11.6 Å². The third-order valence-corrected chi connectivity index (χ3v) is 3.78. The lowest BCUT2D eigenvalue weighted by molar-refractivity contribution is 0.0946. The fraction of sp³-hybridized carbons (Fsp3) is 0.500. The zero-order valence-electron chi connectivity index (χ0n) is 11.2. The third-order valence-electron chi connectivity index (χ3n) is 3.27. The number of benzene rings is 1. The molecule has 5 heteroatoms. The van der Waals surface area contributed by atoms with E-state index >= 15 is 0 Å². The molecule has 106 valence electrons. The van der Waals surface area contributed by atoms with Crippen LogP contribution in [0.2, 0.25) is 0 Å². The summed E-state index contributed by atoms with van der Waals surface area (Å²) in [5, 5.41) is 21.6. The summed E-state index contributed by atoms with van der Waals surface area (Å²) in [4.78, 5) is 11.9. The van der Waals surface area contributed by atoms with Crippen molar-refractivity contribution in [2.45, 2.75) is 32.1 Å². The van der Waals surface area contributed by atoms with Gasteiger partial charge in [0, 0.05) is 6.54 Å². The van der Waals surface area contributed by atoms with Crippen LogP contribution in [0.15, 0.2) is 18.2 Å². The molecule has 3 N–H and O–H groups in total. The van der Waals surface area contributed by atoms with Gasteiger partial charge < -0.3 is 15.5 Å². The molecule has 4 nitrogen and oxygen atoms in total. The van der Waals surface area contributed by atoms with Gasteiger partial charge in [0.2, 0.25) is 0 Å². The van der Waals surface area contributed by atoms with Crippen molar-refractivity contribution >= 4 is 17.5 Å². The zero-order valence-corrected chi connectivity index (χ0v) is 11.9. The second-order valence-electron chi connectivity index (χ2n) is 4.47. The molecular weight excluding hydrogens is 266 g/mol. The van der Waals surface area contributed by atoms with Crippen LogP contribution < -0.4 is 5.32 Å². The highest BCUT2D eigenvalue weighted by Gasteiger charge is 2.19. The molecule has 0 aliphatic heterocycles. The van der Waals surface area contributed by atoms with Gasteiger partial charge in [-0.2, -0.15) is 0 Å². The van der Waals surface area contributed by atoms with Crippen molar-refractivity contribution in [1.82, 2.24) is 5.32 Å². The molecule has 1 unspecified atom stereocenters. The Morgan fingerprint density at radius 3 is 2.26 bits per heavy atom. The van der Waals surface area contributed by atoms with Crippen LogP contribution in [0.4, 0.5) is 0 Å². The number of nitrogens with one attached hydrogen (secondary N) is 1. The largest absolute Gasteiger partial charge is 0.507 e. The van der Waals surface area contributed by atoms with Gasteiger partial charge in [0.25, 0.3) is 5.91 Å². The molecule has 1 aromatic carbocycles. The Kier molecular flexibility index (Phi) is 5.96. The Bertz CT molecular complexity index is 412. The van der Waals surface area contributed by atoms with E-state index in [1.54, 1.807) is 0 Å². The number of hydrogen-bond acceptors (Lipinski definition) is 3. The topological polar surface area (TPSA) is 69.6 Å². The minimum absolute atomic E-state index is 0.115. The molecule has 1 amide bonds. The Labute approximate surface area is 118 Å². The number of rotatable bonds is 6. The molecule has 0 bridgehead atoms. The van der Waals surface area contributed by atoms with E-state index < -0.39 is 5.91 Å². The molecule has 0 spiro atoms. The number of carbonyl (C=O) groups is 1. The number of carbonyl (C=O) groups excluding carboxylic acids is 1. The summed E-state index contributed by atoms with van der Waals surface area (Å²) in [5.41, 5.74) is -0.115. The number of alkyl halides is 1. The van der Waals surface area contributed by atoms with Crippen molar-refractivity contribution in [2.75, 3.05) is 6.54 Å². The van der Waals surface area contributed by atoms with Crippen LogP contribution in [-0.4, -0.2) is 28.0 Å². The summed E-state index contributed by atoms with van der Waals surface area (Å²) in [5.74, 6) is -0.676. The number of halogens is 1. The predicted octanol–water partition coefficient (Wildman–Crippen LogP) is 2.87. The van der Waals surface area contributed by atoms with E-state index in [4.69, 9.17) is 11.6 Å². The maximum Gasteiger partial charge on any atom is 0.258 e. The smallest absolute Gasteiger partial charge is 0.258 e. The Morgan fingerprint density at radius 2 is 1.79 bits per heavy atom. The lowest BCUT2D eigenvalue weighted by atomic mass is 9.99. The van der Waals surface area contributed by atoms with Crippen molar-refractivity contribution in [3.05, 3.63) is 23.8 Å². The van der Waals surface area contributed by atoms with Crippen LogP contribution in [0.1, 0.15) is 37.0 Å². The van der Waals surface area contributed by atoms with E-state index in [1.807, 2.05) is 0 Å². The zero-order chi connectivity index (χ0) is 14.4. The number of phenolic OH excluding ortho intramolecular Hbond substituents is 2. The predicted molar refractivity (Wildman–Crippen MR) is 75.8 cm³/mol. The molecule has 0 fully saturated rings. The molecule has 1 rings (SSSR count). The van der Waals surface area contributed by atoms with Gasteiger partial charge in [0.05, 0.1) is 5.38 Å². The van der Waals surface area contributed by atoms with Gasteiger partial charge in [-0.3, -0.25) is 4.79 Å². The molecular formula is C14H20ClNO3. The maximum absolute atomic E-state index is 11.9. The Balaban J connectivity index is 2.66. The third kappa shape index (κ3) is 4.03. The molecule has 0 heterocycles. The first-order chi connectivity index (χ1) is 9.01. The Morgan fingerprint density at radius 1 is 1.26 bits per heavy atom. The van der Waals surface area contributed by atoms with Gasteiger partial charge in [0.1, 0.15) is 17.1 Å². The second-order valence-corrected chi connectivity index (χ2v) is 5.03. The standard InChI is InChI=1S/C14H20ClNO3/c1-3-9(4-2)10(15)8-16-14(19)13-11(17)6-5-7-12(13)18/h5-7,9-10,17-18H,3-4,8H2,1-2H3,(H,16,19). The summed E-state index contributed by atoms with van der Waals surface area (Å²) >= 11 is 6.22. The highest BCUT2D eigenvalue weighted by atomic mass is 35.5. The van der Waals surface area contributed by atoms with Crippen LogP contribution in [0.5, 0.6) is 11.5 Å². The fourth-order valence-electron chi connectivity index (χ4n) is 2.01. The Hall–Kier alpha value is -1.42. The number of phenols is 2. The van der Waals surface area contributed by atoms with Crippen molar-refractivity contribution < 1.29 is 15.0 Å². The van der Waals surface area contributed by atoms with Crippen molar-refractivity contribution in [3.8, 4) is 11.5 Å². The molecule has 0 radical (unpaired) electrons. The summed E-state index contributed by atoms with van der Waals surface area (Å²) in [7, 11) is 0. The minimum Gasteiger partial charge on any atom is -0.507 e. The van der Waals surface area contributed by atoms with E-state index in [2.05, 4.69) is 19.2 Å².